The monoisotopic (exact) mass is 258 g/mol. The average molecular weight is 258 g/mol. The van der Waals surface area contributed by atoms with Crippen LogP contribution >= 0.6 is 0 Å². The van der Waals surface area contributed by atoms with Crippen molar-refractivity contribution in [2.45, 2.75) is 52.1 Å². The molecule has 104 valence electrons. The highest BCUT2D eigenvalue weighted by molar-refractivity contribution is 5.83. The predicted molar refractivity (Wildman–Crippen MR) is 83.5 cm³/mol. The standard InChI is InChI=1S/C17H26N2/c1-3-4-5-6-7-12-19-13-11-15-9-8-10-16(14-18-2)17(15)19/h8-11,13,18H,3-7,12,14H2,1-2H3. The van der Waals surface area contributed by atoms with E-state index in [0.29, 0.717) is 0 Å². The lowest BCUT2D eigenvalue weighted by Gasteiger charge is -2.09. The van der Waals surface area contributed by atoms with E-state index in [0.717, 1.165) is 13.1 Å². The summed E-state index contributed by atoms with van der Waals surface area (Å²) in [7, 11) is 2.01. The number of nitrogens with one attached hydrogen (secondary N) is 1. The van der Waals surface area contributed by atoms with Gasteiger partial charge < -0.3 is 9.88 Å². The van der Waals surface area contributed by atoms with E-state index in [4.69, 9.17) is 0 Å². The second-order valence-electron chi connectivity index (χ2n) is 5.31. The van der Waals surface area contributed by atoms with Gasteiger partial charge in [0.15, 0.2) is 0 Å². The van der Waals surface area contributed by atoms with E-state index in [-0.39, 0.29) is 0 Å². The first-order chi connectivity index (χ1) is 9.36. The Kier molecular flexibility index (Phi) is 5.46. The Balaban J connectivity index is 2.05. The molecule has 1 aromatic heterocycles. The van der Waals surface area contributed by atoms with Crippen molar-refractivity contribution in [3.8, 4) is 0 Å². The maximum atomic E-state index is 3.26. The lowest BCUT2D eigenvalue weighted by atomic mass is 10.1. The SMILES string of the molecule is CCCCCCCn1ccc2cccc(CNC)c21. The number of nitrogens with zero attached hydrogens (tertiary/aromatic N) is 1. The molecule has 1 N–H and O–H groups in total. The van der Waals surface area contributed by atoms with Crippen LogP contribution in [0, 0.1) is 0 Å². The summed E-state index contributed by atoms with van der Waals surface area (Å²) in [5, 5.41) is 4.63. The zero-order valence-corrected chi connectivity index (χ0v) is 12.3. The smallest absolute Gasteiger partial charge is 0.0525 e. The first-order valence-electron chi connectivity index (χ1n) is 7.58. The third kappa shape index (κ3) is 3.60. The molecule has 2 rings (SSSR count). The highest BCUT2D eigenvalue weighted by Crippen LogP contribution is 2.21. The Morgan fingerprint density at radius 1 is 1.05 bits per heavy atom. The molecule has 1 aromatic carbocycles. The Labute approximate surface area is 116 Å². The Bertz CT molecular complexity index is 499. The normalized spacial score (nSPS) is 11.3. The van der Waals surface area contributed by atoms with Crippen molar-refractivity contribution in [2.24, 2.45) is 0 Å². The summed E-state index contributed by atoms with van der Waals surface area (Å²) < 4.78 is 2.42. The van der Waals surface area contributed by atoms with Crippen LogP contribution in [0.1, 0.15) is 44.6 Å². The summed E-state index contributed by atoms with van der Waals surface area (Å²) in [4.78, 5) is 0. The molecule has 0 aliphatic heterocycles. The van der Waals surface area contributed by atoms with Gasteiger partial charge >= 0.3 is 0 Å². The molecular formula is C17H26N2. The highest BCUT2D eigenvalue weighted by Gasteiger charge is 2.05. The number of rotatable bonds is 8. The van der Waals surface area contributed by atoms with E-state index in [2.05, 4.69) is 47.3 Å². The Morgan fingerprint density at radius 3 is 2.68 bits per heavy atom. The molecule has 19 heavy (non-hydrogen) atoms. The molecule has 2 heteroatoms. The maximum Gasteiger partial charge on any atom is 0.0525 e. The summed E-state index contributed by atoms with van der Waals surface area (Å²) in [5.41, 5.74) is 2.81. The molecule has 0 saturated heterocycles. The summed E-state index contributed by atoms with van der Waals surface area (Å²) >= 11 is 0. The molecule has 0 saturated carbocycles. The summed E-state index contributed by atoms with van der Waals surface area (Å²) in [6.45, 7) is 4.36. The van der Waals surface area contributed by atoms with Crippen LogP contribution in [0.2, 0.25) is 0 Å². The largest absolute Gasteiger partial charge is 0.347 e. The van der Waals surface area contributed by atoms with Gasteiger partial charge in [-0.25, -0.2) is 0 Å². The van der Waals surface area contributed by atoms with Crippen LogP contribution in [0.15, 0.2) is 30.5 Å². The number of fused-ring (bicyclic) bond motifs is 1. The summed E-state index contributed by atoms with van der Waals surface area (Å²) in [6.07, 6.45) is 8.94. The van der Waals surface area contributed by atoms with Gasteiger partial charge in [-0.1, -0.05) is 50.8 Å². The lowest BCUT2D eigenvalue weighted by molar-refractivity contribution is 0.576. The highest BCUT2D eigenvalue weighted by atomic mass is 15.0. The molecule has 0 aliphatic carbocycles. The van der Waals surface area contributed by atoms with Crippen LogP contribution in [-0.4, -0.2) is 11.6 Å². The van der Waals surface area contributed by atoms with Gasteiger partial charge in [-0.3, -0.25) is 0 Å². The molecule has 0 aliphatic rings. The van der Waals surface area contributed by atoms with Crippen LogP contribution in [0.4, 0.5) is 0 Å². The van der Waals surface area contributed by atoms with Gasteiger partial charge in [-0.15, -0.1) is 0 Å². The number of hydrogen-bond acceptors (Lipinski definition) is 1. The third-order valence-corrected chi connectivity index (χ3v) is 3.74. The van der Waals surface area contributed by atoms with E-state index in [9.17, 15) is 0 Å². The van der Waals surface area contributed by atoms with Crippen molar-refractivity contribution in [1.29, 1.82) is 0 Å². The van der Waals surface area contributed by atoms with E-state index in [1.54, 1.807) is 0 Å². The van der Waals surface area contributed by atoms with Crippen molar-refractivity contribution in [2.75, 3.05) is 7.05 Å². The molecular weight excluding hydrogens is 232 g/mol. The molecule has 1 heterocycles. The minimum absolute atomic E-state index is 0.942. The van der Waals surface area contributed by atoms with Gasteiger partial charge in [0.25, 0.3) is 0 Å². The summed E-state index contributed by atoms with van der Waals surface area (Å²) in [6, 6.07) is 8.83. The quantitative estimate of drug-likeness (QED) is 0.697. The molecule has 0 fully saturated rings. The maximum absolute atomic E-state index is 3.26. The van der Waals surface area contributed by atoms with Gasteiger partial charge in [-0.05, 0) is 30.5 Å². The number of aryl methyl sites for hydroxylation is 1. The predicted octanol–water partition coefficient (Wildman–Crippen LogP) is 4.33. The number of para-hydroxylation sites is 1. The van der Waals surface area contributed by atoms with Gasteiger partial charge in [0.05, 0.1) is 5.52 Å². The second-order valence-corrected chi connectivity index (χ2v) is 5.31. The Morgan fingerprint density at radius 2 is 1.89 bits per heavy atom. The minimum atomic E-state index is 0.942. The first-order valence-corrected chi connectivity index (χ1v) is 7.58. The number of unbranched alkanes of at least 4 members (excludes halogenated alkanes) is 4. The molecule has 0 spiro atoms. The van der Waals surface area contributed by atoms with Crippen molar-refractivity contribution in [3.63, 3.8) is 0 Å². The van der Waals surface area contributed by atoms with Crippen molar-refractivity contribution in [1.82, 2.24) is 9.88 Å². The van der Waals surface area contributed by atoms with E-state index >= 15 is 0 Å². The zero-order chi connectivity index (χ0) is 13.5. The lowest BCUT2D eigenvalue weighted by Crippen LogP contribution is -2.07. The molecule has 2 aromatic rings. The molecule has 0 amide bonds. The van der Waals surface area contributed by atoms with Crippen LogP contribution < -0.4 is 5.32 Å². The topological polar surface area (TPSA) is 17.0 Å². The summed E-state index contributed by atoms with van der Waals surface area (Å²) in [5.74, 6) is 0. The van der Waals surface area contributed by atoms with Crippen LogP contribution in [0.3, 0.4) is 0 Å². The van der Waals surface area contributed by atoms with E-state index < -0.39 is 0 Å². The van der Waals surface area contributed by atoms with Gasteiger partial charge in [0.1, 0.15) is 0 Å². The van der Waals surface area contributed by atoms with Gasteiger partial charge in [0.2, 0.25) is 0 Å². The number of aromatic nitrogens is 1. The fourth-order valence-corrected chi connectivity index (χ4v) is 2.75. The van der Waals surface area contributed by atoms with Crippen LogP contribution in [-0.2, 0) is 13.1 Å². The minimum Gasteiger partial charge on any atom is -0.347 e. The van der Waals surface area contributed by atoms with Gasteiger partial charge in [-0.2, -0.15) is 0 Å². The first kappa shape index (κ1) is 14.1. The third-order valence-electron chi connectivity index (χ3n) is 3.74. The van der Waals surface area contributed by atoms with Crippen LogP contribution in [0.25, 0.3) is 10.9 Å². The molecule has 0 unspecified atom stereocenters. The van der Waals surface area contributed by atoms with E-state index in [1.807, 2.05) is 7.05 Å². The Hall–Kier alpha value is -1.28. The molecule has 0 radical (unpaired) electrons. The van der Waals surface area contributed by atoms with Crippen LogP contribution in [0.5, 0.6) is 0 Å². The number of benzene rings is 1. The van der Waals surface area contributed by atoms with Crippen molar-refractivity contribution in [3.05, 3.63) is 36.0 Å². The molecule has 0 bridgehead atoms. The second kappa shape index (κ2) is 7.34. The zero-order valence-electron chi connectivity index (χ0n) is 12.3. The number of hydrogen-bond donors (Lipinski definition) is 1. The fourth-order valence-electron chi connectivity index (χ4n) is 2.75. The fraction of sp³-hybridized carbons (Fsp3) is 0.529. The average Bonchev–Trinajstić information content (AvgIpc) is 2.83. The molecule has 0 atom stereocenters. The van der Waals surface area contributed by atoms with Gasteiger partial charge in [0, 0.05) is 19.3 Å². The van der Waals surface area contributed by atoms with Crippen molar-refractivity contribution >= 4 is 10.9 Å². The molecule has 2 nitrogen and oxygen atoms in total. The van der Waals surface area contributed by atoms with Crippen molar-refractivity contribution < 1.29 is 0 Å². The van der Waals surface area contributed by atoms with E-state index in [1.165, 1.54) is 48.6 Å².